The number of benzene rings is 2. The number of hydrogen-bond acceptors (Lipinski definition) is 6. The van der Waals surface area contributed by atoms with E-state index in [0.717, 1.165) is 0 Å². The monoisotopic (exact) mass is 415 g/mol. The Hall–Kier alpha value is -2.30. The Kier molecular flexibility index (Phi) is 7.45. The minimum Gasteiger partial charge on any atom is -0.497 e. The van der Waals surface area contributed by atoms with E-state index in [0.29, 0.717) is 16.4 Å². The van der Waals surface area contributed by atoms with Crippen molar-refractivity contribution in [2.75, 3.05) is 26.0 Å². The molecular weight excluding hydrogens is 397 g/mol. The molecule has 0 aliphatic rings. The van der Waals surface area contributed by atoms with Gasteiger partial charge in [0.25, 0.3) is 0 Å². The van der Waals surface area contributed by atoms with Crippen LogP contribution in [0.5, 0.6) is 11.5 Å². The topological polar surface area (TPSA) is 102 Å². The van der Waals surface area contributed by atoms with Crippen molar-refractivity contribution in [1.29, 1.82) is 0 Å². The van der Waals surface area contributed by atoms with Crippen molar-refractivity contribution < 1.29 is 32.2 Å². The maximum absolute atomic E-state index is 13.8. The van der Waals surface area contributed by atoms with Crippen LogP contribution in [-0.4, -0.2) is 45.5 Å². The highest BCUT2D eigenvalue weighted by atomic mass is 32.2. The van der Waals surface area contributed by atoms with Gasteiger partial charge in [-0.15, -0.1) is 11.8 Å². The lowest BCUT2D eigenvalue weighted by molar-refractivity contribution is -0.139. The minimum atomic E-state index is -3.64. The van der Waals surface area contributed by atoms with Gasteiger partial charge in [-0.05, 0) is 42.5 Å². The molecule has 0 saturated heterocycles. The standard InChI is InChI=1S/C17H18FNO6S2/c1-24-12-2-5-14(6-3-12)27(22,23)19-8-9-26-13-4-7-16(15(18)10-13)25-11-17(20)21/h2-7,10,19H,8-9,11H2,1H3,(H,20,21). The van der Waals surface area contributed by atoms with E-state index >= 15 is 0 Å². The molecule has 0 fully saturated rings. The number of aliphatic carboxylic acids is 1. The molecule has 0 bridgehead atoms. The quantitative estimate of drug-likeness (QED) is 0.454. The zero-order valence-corrected chi connectivity index (χ0v) is 16.0. The number of carbonyl (C=O) groups is 1. The van der Waals surface area contributed by atoms with E-state index in [1.54, 1.807) is 18.2 Å². The first-order valence-corrected chi connectivity index (χ1v) is 10.2. The van der Waals surface area contributed by atoms with Gasteiger partial charge in [0.1, 0.15) is 5.75 Å². The molecule has 0 heterocycles. The number of carboxylic acid groups (broad SMARTS) is 1. The van der Waals surface area contributed by atoms with Gasteiger partial charge in [0.15, 0.2) is 18.2 Å². The van der Waals surface area contributed by atoms with Crippen molar-refractivity contribution in [3.8, 4) is 11.5 Å². The lowest BCUT2D eigenvalue weighted by atomic mass is 10.3. The van der Waals surface area contributed by atoms with Crippen molar-refractivity contribution >= 4 is 27.8 Å². The number of carboxylic acids is 1. The highest BCUT2D eigenvalue weighted by Crippen LogP contribution is 2.25. The summed E-state index contributed by atoms with van der Waals surface area (Å²) < 4.78 is 50.5. The van der Waals surface area contributed by atoms with Gasteiger partial charge in [0.05, 0.1) is 12.0 Å². The van der Waals surface area contributed by atoms with Gasteiger partial charge in [0, 0.05) is 17.2 Å². The molecule has 2 aromatic rings. The molecule has 0 saturated carbocycles. The van der Waals surface area contributed by atoms with Gasteiger partial charge in [-0.3, -0.25) is 0 Å². The van der Waals surface area contributed by atoms with Gasteiger partial charge >= 0.3 is 5.97 Å². The Morgan fingerprint density at radius 1 is 1.22 bits per heavy atom. The van der Waals surface area contributed by atoms with Crippen LogP contribution in [0.3, 0.4) is 0 Å². The SMILES string of the molecule is COc1ccc(S(=O)(=O)NCCSc2ccc(OCC(=O)O)c(F)c2)cc1. The van der Waals surface area contributed by atoms with E-state index in [9.17, 15) is 17.6 Å². The lowest BCUT2D eigenvalue weighted by Crippen LogP contribution is -2.26. The van der Waals surface area contributed by atoms with E-state index in [1.165, 1.54) is 43.1 Å². The summed E-state index contributed by atoms with van der Waals surface area (Å²) >= 11 is 1.25. The summed E-state index contributed by atoms with van der Waals surface area (Å²) in [6.07, 6.45) is 0. The third-order valence-electron chi connectivity index (χ3n) is 3.29. The Labute approximate surface area is 160 Å². The van der Waals surface area contributed by atoms with Crippen LogP contribution in [0.4, 0.5) is 4.39 Å². The third kappa shape index (κ3) is 6.42. The van der Waals surface area contributed by atoms with Crippen LogP contribution in [-0.2, 0) is 14.8 Å². The van der Waals surface area contributed by atoms with Gasteiger partial charge in [-0.1, -0.05) is 0 Å². The molecule has 7 nitrogen and oxygen atoms in total. The van der Waals surface area contributed by atoms with Crippen LogP contribution in [0.25, 0.3) is 0 Å². The highest BCUT2D eigenvalue weighted by Gasteiger charge is 2.13. The zero-order chi connectivity index (χ0) is 19.9. The molecule has 0 atom stereocenters. The van der Waals surface area contributed by atoms with Crippen molar-refractivity contribution in [2.45, 2.75) is 9.79 Å². The smallest absolute Gasteiger partial charge is 0.341 e. The predicted octanol–water partition coefficient (Wildman–Crippen LogP) is 2.37. The van der Waals surface area contributed by atoms with Crippen molar-refractivity contribution in [3.63, 3.8) is 0 Å². The number of hydrogen-bond donors (Lipinski definition) is 2. The molecule has 146 valence electrons. The molecule has 0 radical (unpaired) electrons. The minimum absolute atomic E-state index is 0.124. The van der Waals surface area contributed by atoms with Gasteiger partial charge in [-0.25, -0.2) is 22.3 Å². The fourth-order valence-corrected chi connectivity index (χ4v) is 3.96. The van der Waals surface area contributed by atoms with Crippen LogP contribution in [0.2, 0.25) is 0 Å². The van der Waals surface area contributed by atoms with Gasteiger partial charge < -0.3 is 14.6 Å². The molecule has 10 heteroatoms. The molecular formula is C17H18FNO6S2. The fourth-order valence-electron chi connectivity index (χ4n) is 2.01. The number of rotatable bonds is 10. The molecule has 2 rings (SSSR count). The fraction of sp³-hybridized carbons (Fsp3) is 0.235. The molecule has 0 unspecified atom stereocenters. The summed E-state index contributed by atoms with van der Waals surface area (Å²) in [4.78, 5) is 11.1. The van der Waals surface area contributed by atoms with Crippen molar-refractivity contribution in [2.24, 2.45) is 0 Å². The second kappa shape index (κ2) is 9.58. The number of ether oxygens (including phenoxy) is 2. The predicted molar refractivity (Wildman–Crippen MR) is 98.4 cm³/mol. The summed E-state index contributed by atoms with van der Waals surface area (Å²) in [6.45, 7) is -0.478. The maximum atomic E-state index is 13.8. The number of methoxy groups -OCH3 is 1. The van der Waals surface area contributed by atoms with E-state index in [2.05, 4.69) is 4.72 Å². The van der Waals surface area contributed by atoms with E-state index in [-0.39, 0.29) is 17.2 Å². The summed E-state index contributed by atoms with van der Waals surface area (Å²) in [5.41, 5.74) is 0. The normalized spacial score (nSPS) is 11.2. The number of thioether (sulfide) groups is 1. The average Bonchev–Trinajstić information content (AvgIpc) is 2.64. The highest BCUT2D eigenvalue weighted by molar-refractivity contribution is 7.99. The molecule has 27 heavy (non-hydrogen) atoms. The Bertz CT molecular complexity index is 887. The van der Waals surface area contributed by atoms with Crippen molar-refractivity contribution in [3.05, 3.63) is 48.3 Å². The van der Waals surface area contributed by atoms with E-state index in [4.69, 9.17) is 14.6 Å². The molecule has 0 aliphatic carbocycles. The van der Waals surface area contributed by atoms with E-state index < -0.39 is 28.4 Å². The van der Waals surface area contributed by atoms with Gasteiger partial charge in [-0.2, -0.15) is 0 Å². The Balaban J connectivity index is 1.85. The second-order valence-corrected chi connectivity index (χ2v) is 8.13. The molecule has 0 aromatic heterocycles. The molecule has 0 amide bonds. The number of halogens is 1. The number of sulfonamides is 1. The molecule has 0 spiro atoms. The summed E-state index contributed by atoms with van der Waals surface area (Å²) in [7, 11) is -2.15. The summed E-state index contributed by atoms with van der Waals surface area (Å²) in [6, 6.07) is 10.1. The second-order valence-electron chi connectivity index (χ2n) is 5.20. The Morgan fingerprint density at radius 2 is 1.93 bits per heavy atom. The van der Waals surface area contributed by atoms with E-state index in [1.807, 2.05) is 0 Å². The van der Waals surface area contributed by atoms with Crippen molar-refractivity contribution in [1.82, 2.24) is 4.72 Å². The first kappa shape index (κ1) is 21.0. The maximum Gasteiger partial charge on any atom is 0.341 e. The van der Waals surface area contributed by atoms with Crippen LogP contribution in [0, 0.1) is 5.82 Å². The van der Waals surface area contributed by atoms with Crippen LogP contribution >= 0.6 is 11.8 Å². The van der Waals surface area contributed by atoms with Gasteiger partial charge in [0.2, 0.25) is 10.0 Å². The Morgan fingerprint density at radius 3 is 2.52 bits per heavy atom. The molecule has 0 aliphatic heterocycles. The lowest BCUT2D eigenvalue weighted by Gasteiger charge is -2.09. The molecule has 2 aromatic carbocycles. The average molecular weight is 415 g/mol. The first-order chi connectivity index (χ1) is 12.8. The zero-order valence-electron chi connectivity index (χ0n) is 14.3. The van der Waals surface area contributed by atoms with Crippen LogP contribution in [0.15, 0.2) is 52.3 Å². The van der Waals surface area contributed by atoms with Crippen LogP contribution < -0.4 is 14.2 Å². The first-order valence-electron chi connectivity index (χ1n) is 7.72. The summed E-state index contributed by atoms with van der Waals surface area (Å²) in [5, 5.41) is 8.52. The number of nitrogens with one attached hydrogen (secondary N) is 1. The third-order valence-corrected chi connectivity index (χ3v) is 5.76. The van der Waals surface area contributed by atoms with Crippen LogP contribution in [0.1, 0.15) is 0 Å². The molecule has 2 N–H and O–H groups in total. The summed E-state index contributed by atoms with van der Waals surface area (Å²) in [5.74, 6) is -1.09. The largest absolute Gasteiger partial charge is 0.497 e.